The predicted octanol–water partition coefficient (Wildman–Crippen LogP) is 3.18. The van der Waals surface area contributed by atoms with Crippen molar-refractivity contribution in [2.24, 2.45) is 0 Å². The van der Waals surface area contributed by atoms with E-state index in [1.165, 1.54) is 32.1 Å². The second-order valence-electron chi connectivity index (χ2n) is 1.93. The smallest absolute Gasteiger partial charge is 0.358 e. The Morgan fingerprint density at radius 2 is 1.33 bits per heavy atom. The van der Waals surface area contributed by atoms with Crippen LogP contribution in [0.5, 0.6) is 0 Å². The van der Waals surface area contributed by atoms with Crippen LogP contribution in [0.4, 0.5) is 0 Å². The summed E-state index contributed by atoms with van der Waals surface area (Å²) in [5, 5.41) is 0. The molecule has 0 heterocycles. The van der Waals surface area contributed by atoms with Crippen molar-refractivity contribution < 1.29 is 19.5 Å². The van der Waals surface area contributed by atoms with Crippen molar-refractivity contribution in [3.63, 3.8) is 0 Å². The molecule has 1 aliphatic carbocycles. The average Bonchev–Trinajstić information content (AvgIpc) is 1.72. The molecule has 0 spiro atoms. The van der Waals surface area contributed by atoms with Crippen LogP contribution in [-0.4, -0.2) is 0 Å². The maximum Gasteiger partial charge on any atom is 2.00 e. The Morgan fingerprint density at radius 1 is 0.889 bits per heavy atom. The summed E-state index contributed by atoms with van der Waals surface area (Å²) < 4.78 is 0. The molecule has 1 fully saturated rings. The summed E-state index contributed by atoms with van der Waals surface area (Å²) in [6, 6.07) is 0. The molecular weight excluding hydrogens is 229 g/mol. The van der Waals surface area contributed by atoms with E-state index < -0.39 is 0 Å². The molecular formula is C7H15BrZn. The minimum atomic E-state index is 0. The van der Waals surface area contributed by atoms with E-state index in [9.17, 15) is 0 Å². The topological polar surface area (TPSA) is 0 Å². The van der Waals surface area contributed by atoms with Crippen molar-refractivity contribution in [2.75, 3.05) is 0 Å². The van der Waals surface area contributed by atoms with E-state index in [-0.39, 0.29) is 43.9 Å². The van der Waals surface area contributed by atoms with Gasteiger partial charge in [-0.25, -0.2) is 0 Å². The largest absolute Gasteiger partial charge is 2.00 e. The van der Waals surface area contributed by atoms with Crippen LogP contribution in [0.15, 0.2) is 0 Å². The molecule has 0 bridgehead atoms. The molecule has 0 aliphatic heterocycles. The fourth-order valence-corrected chi connectivity index (χ4v) is 0.898. The maximum absolute atomic E-state index is 2.39. The molecule has 0 aromatic rings. The third kappa shape index (κ3) is 9.10. The molecule has 0 aromatic carbocycles. The van der Waals surface area contributed by atoms with Crippen molar-refractivity contribution in [1.82, 2.24) is 0 Å². The summed E-state index contributed by atoms with van der Waals surface area (Å²) in [7, 11) is 0. The van der Waals surface area contributed by atoms with Gasteiger partial charge in [-0.3, -0.25) is 0 Å². The zero-order valence-electron chi connectivity index (χ0n) is 6.23. The summed E-state index contributed by atoms with van der Waals surface area (Å²) >= 11 is 0. The summed E-state index contributed by atoms with van der Waals surface area (Å²) in [4.78, 5) is 0. The zero-order valence-corrected chi connectivity index (χ0v) is 10.9. The van der Waals surface area contributed by atoms with Gasteiger partial charge in [-0.05, 0) is 0 Å². The van der Waals surface area contributed by atoms with E-state index in [1.54, 1.807) is 0 Å². The fourth-order valence-electron chi connectivity index (χ4n) is 0.898. The Kier molecular flexibility index (Phi) is 21.8. The van der Waals surface area contributed by atoms with Gasteiger partial charge in [-0.2, -0.15) is 12.8 Å². The molecule has 52 valence electrons. The first-order chi connectivity index (χ1) is 3.00. The molecule has 0 amide bonds. The van der Waals surface area contributed by atoms with Gasteiger partial charge in [0.2, 0.25) is 0 Å². The molecule has 1 aliphatic rings. The number of hydrogen-bond acceptors (Lipinski definition) is 0. The molecule has 0 aromatic heterocycles. The van der Waals surface area contributed by atoms with E-state index in [4.69, 9.17) is 0 Å². The van der Waals surface area contributed by atoms with Crippen LogP contribution in [0.1, 0.15) is 32.1 Å². The van der Waals surface area contributed by atoms with Gasteiger partial charge < -0.3 is 13.8 Å². The van der Waals surface area contributed by atoms with Crippen LogP contribution in [0, 0.1) is 13.8 Å². The standard InChI is InChI=1S/C6H11.CH3.BrH.Zn/c1-2-4-6-5-3-1;;;/h1H,2-6H2;1H3;1H;/q2*-1;;+2. The van der Waals surface area contributed by atoms with E-state index >= 15 is 0 Å². The van der Waals surface area contributed by atoms with Crippen LogP contribution < -0.4 is 0 Å². The normalized spacial score (nSPS) is 16.0. The van der Waals surface area contributed by atoms with Crippen molar-refractivity contribution in [3.8, 4) is 0 Å². The summed E-state index contributed by atoms with van der Waals surface area (Å²) in [5.74, 6) is 0. The SMILES string of the molecule is Br.[CH-]1CCCCC1.[CH3-].[Zn+2]. The quantitative estimate of drug-likeness (QED) is 0.453. The first-order valence-electron chi connectivity index (χ1n) is 2.82. The summed E-state index contributed by atoms with van der Waals surface area (Å²) in [6.07, 6.45) is 9.50. The zero-order chi connectivity index (χ0) is 4.24. The second-order valence-corrected chi connectivity index (χ2v) is 1.93. The molecule has 0 N–H and O–H groups in total. The van der Waals surface area contributed by atoms with E-state index in [0.717, 1.165) is 0 Å². The predicted molar refractivity (Wildman–Crippen MR) is 44.1 cm³/mol. The van der Waals surface area contributed by atoms with Gasteiger partial charge in [0.15, 0.2) is 0 Å². The molecule has 0 radical (unpaired) electrons. The third-order valence-corrected chi connectivity index (χ3v) is 1.32. The Labute approximate surface area is 82.3 Å². The molecule has 1 saturated carbocycles. The first kappa shape index (κ1) is 16.6. The molecule has 9 heavy (non-hydrogen) atoms. The van der Waals surface area contributed by atoms with Gasteiger partial charge in [-0.15, -0.1) is 17.0 Å². The molecule has 0 unspecified atom stereocenters. The monoisotopic (exact) mass is 242 g/mol. The van der Waals surface area contributed by atoms with Gasteiger partial charge in [0.25, 0.3) is 0 Å². The van der Waals surface area contributed by atoms with E-state index in [0.29, 0.717) is 0 Å². The third-order valence-electron chi connectivity index (χ3n) is 1.32. The fraction of sp³-hybridized carbons (Fsp3) is 0.714. The minimum Gasteiger partial charge on any atom is -0.358 e. The van der Waals surface area contributed by atoms with Crippen molar-refractivity contribution in [3.05, 3.63) is 13.8 Å². The van der Waals surface area contributed by atoms with E-state index in [2.05, 4.69) is 6.42 Å². The molecule has 1 rings (SSSR count). The van der Waals surface area contributed by atoms with Gasteiger partial charge in [0, 0.05) is 0 Å². The van der Waals surface area contributed by atoms with Crippen molar-refractivity contribution in [2.45, 2.75) is 32.1 Å². The van der Waals surface area contributed by atoms with Crippen LogP contribution in [0.3, 0.4) is 0 Å². The van der Waals surface area contributed by atoms with Gasteiger partial charge in [-0.1, -0.05) is 19.3 Å². The Hall–Kier alpha value is 1.10. The Morgan fingerprint density at radius 3 is 1.44 bits per heavy atom. The number of rotatable bonds is 0. The van der Waals surface area contributed by atoms with Crippen molar-refractivity contribution >= 4 is 17.0 Å². The van der Waals surface area contributed by atoms with Crippen molar-refractivity contribution in [1.29, 1.82) is 0 Å². The number of hydrogen-bond donors (Lipinski definition) is 0. The van der Waals surface area contributed by atoms with Crippen LogP contribution >= 0.6 is 17.0 Å². The summed E-state index contributed by atoms with van der Waals surface area (Å²) in [5.41, 5.74) is 0. The van der Waals surface area contributed by atoms with Gasteiger partial charge in [0.1, 0.15) is 0 Å². The first-order valence-corrected chi connectivity index (χ1v) is 2.82. The number of halogens is 1. The molecule has 2 heteroatoms. The van der Waals surface area contributed by atoms with Crippen LogP contribution in [0.2, 0.25) is 0 Å². The maximum atomic E-state index is 2.39. The summed E-state index contributed by atoms with van der Waals surface area (Å²) in [6.45, 7) is 0. The van der Waals surface area contributed by atoms with Crippen LogP contribution in [0.25, 0.3) is 0 Å². The molecule has 0 nitrogen and oxygen atoms in total. The van der Waals surface area contributed by atoms with Gasteiger partial charge >= 0.3 is 19.5 Å². The minimum absolute atomic E-state index is 0. The molecule has 0 saturated heterocycles. The average molecular weight is 244 g/mol. The van der Waals surface area contributed by atoms with Gasteiger partial charge in [0.05, 0.1) is 0 Å². The van der Waals surface area contributed by atoms with Crippen LogP contribution in [-0.2, 0) is 19.5 Å². The molecule has 0 atom stereocenters. The van der Waals surface area contributed by atoms with E-state index in [1.807, 2.05) is 0 Å². The Balaban J connectivity index is -0.000000120. The second kappa shape index (κ2) is 11.8. The Bertz CT molecular complexity index is 24.4.